The molecule has 1 atom stereocenters. The number of hydrogen-bond donors (Lipinski definition) is 1. The average molecular weight is 145 g/mol. The molecule has 1 aliphatic rings. The molecule has 1 rings (SSSR count). The highest BCUT2D eigenvalue weighted by molar-refractivity contribution is 7.80. The molecular formula is C7H15NS. The Kier molecular flexibility index (Phi) is 2.86. The van der Waals surface area contributed by atoms with E-state index in [4.69, 9.17) is 0 Å². The molecule has 0 aromatic carbocycles. The van der Waals surface area contributed by atoms with Gasteiger partial charge in [0.2, 0.25) is 0 Å². The zero-order valence-corrected chi connectivity index (χ0v) is 6.90. The topological polar surface area (TPSA) is 3.24 Å². The number of rotatable bonds is 2. The van der Waals surface area contributed by atoms with Crippen LogP contribution >= 0.6 is 12.6 Å². The molecule has 1 saturated heterocycles. The van der Waals surface area contributed by atoms with E-state index in [9.17, 15) is 0 Å². The van der Waals surface area contributed by atoms with Crippen molar-refractivity contribution in [2.45, 2.75) is 25.8 Å². The Labute approximate surface area is 62.8 Å². The first kappa shape index (κ1) is 7.42. The number of nitrogens with zero attached hydrogens (tertiary/aromatic N) is 1. The van der Waals surface area contributed by atoms with Gasteiger partial charge in [0.05, 0.1) is 0 Å². The molecule has 0 radical (unpaired) electrons. The van der Waals surface area contributed by atoms with E-state index in [1.165, 1.54) is 25.9 Å². The Morgan fingerprint density at radius 1 is 1.67 bits per heavy atom. The van der Waals surface area contributed by atoms with Crippen molar-refractivity contribution in [3.8, 4) is 0 Å². The molecule has 0 aliphatic carbocycles. The van der Waals surface area contributed by atoms with Crippen molar-refractivity contribution in [1.82, 2.24) is 4.90 Å². The van der Waals surface area contributed by atoms with Gasteiger partial charge in [0.25, 0.3) is 0 Å². The predicted molar refractivity (Wildman–Crippen MR) is 44.1 cm³/mol. The Morgan fingerprint density at radius 2 is 2.44 bits per heavy atom. The zero-order valence-electron chi connectivity index (χ0n) is 6.01. The predicted octanol–water partition coefficient (Wildman–Crippen LogP) is 1.40. The van der Waals surface area contributed by atoms with Gasteiger partial charge in [-0.1, -0.05) is 6.92 Å². The van der Waals surface area contributed by atoms with Crippen molar-refractivity contribution in [3.05, 3.63) is 0 Å². The molecule has 0 amide bonds. The normalized spacial score (nSPS) is 29.3. The standard InChI is InChI=1S/C7H15NS/c1-2-8-5-3-4-7(8)6-9/h7,9H,2-6H2,1H3/t7-/m0/s1. The molecule has 0 N–H and O–H groups in total. The number of likely N-dealkylation sites (tertiary alicyclic amines) is 1. The van der Waals surface area contributed by atoms with Crippen molar-refractivity contribution in [2.75, 3.05) is 18.8 Å². The molecule has 0 aromatic rings. The second-order valence-corrected chi connectivity index (χ2v) is 2.97. The van der Waals surface area contributed by atoms with Crippen LogP contribution in [0.3, 0.4) is 0 Å². The second-order valence-electron chi connectivity index (χ2n) is 2.61. The fraction of sp³-hybridized carbons (Fsp3) is 1.00. The van der Waals surface area contributed by atoms with Crippen LogP contribution in [0.2, 0.25) is 0 Å². The van der Waals surface area contributed by atoms with E-state index in [0.29, 0.717) is 0 Å². The van der Waals surface area contributed by atoms with Crippen LogP contribution in [0, 0.1) is 0 Å². The molecule has 0 saturated carbocycles. The van der Waals surface area contributed by atoms with Gasteiger partial charge in [-0.05, 0) is 25.9 Å². The van der Waals surface area contributed by atoms with Crippen LogP contribution in [0.1, 0.15) is 19.8 Å². The molecule has 0 aromatic heterocycles. The third kappa shape index (κ3) is 1.62. The zero-order chi connectivity index (χ0) is 6.69. The van der Waals surface area contributed by atoms with Crippen LogP contribution in [-0.4, -0.2) is 29.8 Å². The Balaban J connectivity index is 2.32. The van der Waals surface area contributed by atoms with Crippen LogP contribution in [0.5, 0.6) is 0 Å². The lowest BCUT2D eigenvalue weighted by atomic mass is 10.2. The lowest BCUT2D eigenvalue weighted by Gasteiger charge is -2.20. The van der Waals surface area contributed by atoms with E-state index in [-0.39, 0.29) is 0 Å². The quantitative estimate of drug-likeness (QED) is 0.575. The first-order chi connectivity index (χ1) is 4.38. The van der Waals surface area contributed by atoms with Crippen molar-refractivity contribution in [1.29, 1.82) is 0 Å². The minimum Gasteiger partial charge on any atom is -0.300 e. The van der Waals surface area contributed by atoms with E-state index in [1.807, 2.05) is 0 Å². The van der Waals surface area contributed by atoms with E-state index < -0.39 is 0 Å². The van der Waals surface area contributed by atoms with Crippen LogP contribution in [0.25, 0.3) is 0 Å². The van der Waals surface area contributed by atoms with Gasteiger partial charge in [0, 0.05) is 11.8 Å². The van der Waals surface area contributed by atoms with E-state index in [0.717, 1.165) is 11.8 Å². The summed E-state index contributed by atoms with van der Waals surface area (Å²) in [5.41, 5.74) is 0. The Hall–Kier alpha value is 0.310. The molecule has 9 heavy (non-hydrogen) atoms. The maximum Gasteiger partial charge on any atom is 0.0184 e. The molecule has 1 aliphatic heterocycles. The Morgan fingerprint density at radius 3 is 2.89 bits per heavy atom. The molecule has 1 nitrogen and oxygen atoms in total. The molecule has 54 valence electrons. The number of hydrogen-bond acceptors (Lipinski definition) is 2. The fourth-order valence-corrected chi connectivity index (χ4v) is 1.93. The lowest BCUT2D eigenvalue weighted by molar-refractivity contribution is 0.288. The van der Waals surface area contributed by atoms with Gasteiger partial charge in [-0.3, -0.25) is 4.90 Å². The summed E-state index contributed by atoms with van der Waals surface area (Å²) >= 11 is 4.29. The van der Waals surface area contributed by atoms with Gasteiger partial charge >= 0.3 is 0 Å². The first-order valence-electron chi connectivity index (χ1n) is 3.73. The maximum atomic E-state index is 4.29. The third-order valence-electron chi connectivity index (χ3n) is 2.12. The van der Waals surface area contributed by atoms with Crippen LogP contribution in [0.4, 0.5) is 0 Å². The molecule has 0 unspecified atom stereocenters. The monoisotopic (exact) mass is 145 g/mol. The van der Waals surface area contributed by atoms with Crippen LogP contribution in [0.15, 0.2) is 0 Å². The Bertz CT molecular complexity index is 75.0. The van der Waals surface area contributed by atoms with Crippen LogP contribution < -0.4 is 0 Å². The summed E-state index contributed by atoms with van der Waals surface area (Å²) < 4.78 is 0. The van der Waals surface area contributed by atoms with Gasteiger partial charge in [-0.2, -0.15) is 12.6 Å². The van der Waals surface area contributed by atoms with Gasteiger partial charge in [0.15, 0.2) is 0 Å². The second kappa shape index (κ2) is 3.47. The van der Waals surface area contributed by atoms with Gasteiger partial charge in [-0.25, -0.2) is 0 Å². The van der Waals surface area contributed by atoms with E-state index >= 15 is 0 Å². The summed E-state index contributed by atoms with van der Waals surface area (Å²) in [7, 11) is 0. The summed E-state index contributed by atoms with van der Waals surface area (Å²) in [6.07, 6.45) is 2.73. The summed E-state index contributed by atoms with van der Waals surface area (Å²) in [5, 5.41) is 0. The minimum atomic E-state index is 0.776. The van der Waals surface area contributed by atoms with E-state index in [1.54, 1.807) is 0 Å². The molecule has 0 spiro atoms. The molecule has 1 fully saturated rings. The fourth-order valence-electron chi connectivity index (χ4n) is 1.52. The minimum absolute atomic E-state index is 0.776. The summed E-state index contributed by atoms with van der Waals surface area (Å²) in [6, 6.07) is 0.776. The smallest absolute Gasteiger partial charge is 0.0184 e. The molecular weight excluding hydrogens is 130 g/mol. The molecule has 2 heteroatoms. The van der Waals surface area contributed by atoms with Gasteiger partial charge < -0.3 is 0 Å². The SMILES string of the molecule is CCN1CCC[C@H]1CS. The van der Waals surface area contributed by atoms with Crippen LogP contribution in [-0.2, 0) is 0 Å². The highest BCUT2D eigenvalue weighted by Gasteiger charge is 2.20. The number of thiol groups is 1. The van der Waals surface area contributed by atoms with Gasteiger partial charge in [0.1, 0.15) is 0 Å². The molecule has 0 bridgehead atoms. The summed E-state index contributed by atoms with van der Waals surface area (Å²) in [6.45, 7) is 4.72. The maximum absolute atomic E-state index is 4.29. The van der Waals surface area contributed by atoms with Crippen molar-refractivity contribution in [2.24, 2.45) is 0 Å². The van der Waals surface area contributed by atoms with Crippen molar-refractivity contribution < 1.29 is 0 Å². The summed E-state index contributed by atoms with van der Waals surface area (Å²) in [5.74, 6) is 1.04. The van der Waals surface area contributed by atoms with E-state index in [2.05, 4.69) is 24.5 Å². The average Bonchev–Trinajstić information content (AvgIpc) is 2.33. The molecule has 1 heterocycles. The third-order valence-corrected chi connectivity index (χ3v) is 2.54. The lowest BCUT2D eigenvalue weighted by Crippen LogP contribution is -2.30. The van der Waals surface area contributed by atoms with Gasteiger partial charge in [-0.15, -0.1) is 0 Å². The highest BCUT2D eigenvalue weighted by Crippen LogP contribution is 2.16. The summed E-state index contributed by atoms with van der Waals surface area (Å²) in [4.78, 5) is 2.51. The highest BCUT2D eigenvalue weighted by atomic mass is 32.1. The van der Waals surface area contributed by atoms with Crippen molar-refractivity contribution in [3.63, 3.8) is 0 Å². The van der Waals surface area contributed by atoms with Crippen molar-refractivity contribution >= 4 is 12.6 Å². The largest absolute Gasteiger partial charge is 0.300 e. The first-order valence-corrected chi connectivity index (χ1v) is 4.36.